The monoisotopic (exact) mass is 338 g/mol. The topological polar surface area (TPSA) is 77.5 Å². The molecule has 0 radical (unpaired) electrons. The van der Waals surface area contributed by atoms with Crippen LogP contribution in [0.1, 0.15) is 12.2 Å². The molecular formula is C14H15BrN2O3. The van der Waals surface area contributed by atoms with E-state index in [2.05, 4.69) is 21.2 Å². The summed E-state index contributed by atoms with van der Waals surface area (Å²) >= 11 is 3.40. The zero-order chi connectivity index (χ0) is 14.4. The van der Waals surface area contributed by atoms with E-state index < -0.39 is 0 Å². The average molecular weight is 339 g/mol. The zero-order valence-electron chi connectivity index (χ0n) is 10.8. The van der Waals surface area contributed by atoms with Crippen molar-refractivity contribution in [3.8, 4) is 5.75 Å². The molecule has 2 aromatic rings. The molecule has 0 spiro atoms. The molecule has 0 aliphatic rings. The quantitative estimate of drug-likeness (QED) is 0.813. The first kappa shape index (κ1) is 14.5. The summed E-state index contributed by atoms with van der Waals surface area (Å²) in [5.74, 6) is 1.10. The van der Waals surface area contributed by atoms with Gasteiger partial charge in [0.05, 0.1) is 36.0 Å². The number of carbonyl (C=O) groups excluding carboxylic acids is 1. The zero-order valence-corrected chi connectivity index (χ0v) is 12.4. The molecule has 0 fully saturated rings. The molecule has 0 saturated heterocycles. The second kappa shape index (κ2) is 7.00. The SMILES string of the molecule is NC(=O)CCOc1ccccc1NCc1occc1Br. The fourth-order valence-corrected chi connectivity index (χ4v) is 1.97. The lowest BCUT2D eigenvalue weighted by Crippen LogP contribution is -2.15. The van der Waals surface area contributed by atoms with Gasteiger partial charge in [0.25, 0.3) is 0 Å². The highest BCUT2D eigenvalue weighted by Crippen LogP contribution is 2.26. The Morgan fingerprint density at radius 2 is 2.15 bits per heavy atom. The first-order valence-electron chi connectivity index (χ1n) is 6.12. The summed E-state index contributed by atoms with van der Waals surface area (Å²) in [5, 5.41) is 3.23. The highest BCUT2D eigenvalue weighted by molar-refractivity contribution is 9.10. The maximum absolute atomic E-state index is 10.7. The number of halogens is 1. The Bertz CT molecular complexity index is 583. The van der Waals surface area contributed by atoms with Gasteiger partial charge in [-0.3, -0.25) is 4.79 Å². The predicted molar refractivity (Wildman–Crippen MR) is 79.5 cm³/mol. The van der Waals surface area contributed by atoms with Crippen molar-refractivity contribution in [1.82, 2.24) is 0 Å². The summed E-state index contributed by atoms with van der Waals surface area (Å²) in [7, 11) is 0. The lowest BCUT2D eigenvalue weighted by atomic mass is 10.3. The van der Waals surface area contributed by atoms with Crippen LogP contribution in [0.4, 0.5) is 5.69 Å². The van der Waals surface area contributed by atoms with E-state index in [4.69, 9.17) is 14.9 Å². The van der Waals surface area contributed by atoms with Gasteiger partial charge in [0.2, 0.25) is 5.91 Å². The molecule has 106 valence electrons. The molecule has 0 atom stereocenters. The van der Waals surface area contributed by atoms with Gasteiger partial charge in [0.1, 0.15) is 11.5 Å². The molecule has 0 bridgehead atoms. The molecule has 0 aliphatic carbocycles. The lowest BCUT2D eigenvalue weighted by molar-refractivity contribution is -0.118. The van der Waals surface area contributed by atoms with Crippen molar-refractivity contribution in [3.63, 3.8) is 0 Å². The van der Waals surface area contributed by atoms with E-state index in [1.165, 1.54) is 0 Å². The minimum absolute atomic E-state index is 0.193. The molecule has 2 rings (SSSR count). The number of carbonyl (C=O) groups is 1. The van der Waals surface area contributed by atoms with Crippen molar-refractivity contribution in [2.24, 2.45) is 5.73 Å². The fraction of sp³-hybridized carbons (Fsp3) is 0.214. The number of nitrogens with two attached hydrogens (primary N) is 1. The van der Waals surface area contributed by atoms with Crippen LogP contribution in [-0.2, 0) is 11.3 Å². The Hall–Kier alpha value is -1.95. The van der Waals surface area contributed by atoms with Crippen molar-refractivity contribution < 1.29 is 13.9 Å². The van der Waals surface area contributed by atoms with Crippen molar-refractivity contribution in [2.45, 2.75) is 13.0 Å². The van der Waals surface area contributed by atoms with Crippen molar-refractivity contribution in [3.05, 3.63) is 46.8 Å². The van der Waals surface area contributed by atoms with Crippen molar-refractivity contribution in [2.75, 3.05) is 11.9 Å². The second-order valence-corrected chi connectivity index (χ2v) is 4.96. The number of rotatable bonds is 7. The van der Waals surface area contributed by atoms with Crippen LogP contribution >= 0.6 is 15.9 Å². The van der Waals surface area contributed by atoms with Crippen LogP contribution in [0.15, 0.2) is 45.5 Å². The van der Waals surface area contributed by atoms with Crippen molar-refractivity contribution >= 4 is 27.5 Å². The molecule has 5 nitrogen and oxygen atoms in total. The largest absolute Gasteiger partial charge is 0.491 e. The number of benzene rings is 1. The maximum Gasteiger partial charge on any atom is 0.220 e. The molecule has 6 heteroatoms. The molecule has 1 aromatic heterocycles. The van der Waals surface area contributed by atoms with E-state index in [-0.39, 0.29) is 18.9 Å². The van der Waals surface area contributed by atoms with E-state index in [0.29, 0.717) is 12.3 Å². The van der Waals surface area contributed by atoms with Crippen molar-refractivity contribution in [1.29, 1.82) is 0 Å². The van der Waals surface area contributed by atoms with Gasteiger partial charge < -0.3 is 20.2 Å². The molecule has 3 N–H and O–H groups in total. The first-order valence-corrected chi connectivity index (χ1v) is 6.92. The van der Waals surface area contributed by atoms with Gasteiger partial charge in [-0.1, -0.05) is 12.1 Å². The summed E-state index contributed by atoms with van der Waals surface area (Å²) < 4.78 is 11.8. The molecule has 0 saturated carbocycles. The summed E-state index contributed by atoms with van der Waals surface area (Å²) in [4.78, 5) is 10.7. The van der Waals surface area contributed by atoms with Gasteiger partial charge in [-0.25, -0.2) is 0 Å². The van der Waals surface area contributed by atoms with Crippen LogP contribution in [0.3, 0.4) is 0 Å². The Kier molecular flexibility index (Phi) is 5.06. The Labute approximate surface area is 125 Å². The van der Waals surface area contributed by atoms with Crippen LogP contribution in [0, 0.1) is 0 Å². The maximum atomic E-state index is 10.7. The molecule has 1 heterocycles. The molecule has 0 unspecified atom stereocenters. The van der Waals surface area contributed by atoms with Crippen LogP contribution in [0.25, 0.3) is 0 Å². The second-order valence-electron chi connectivity index (χ2n) is 4.11. The molecule has 0 aliphatic heterocycles. The van der Waals surface area contributed by atoms with Gasteiger partial charge in [-0.15, -0.1) is 0 Å². The van der Waals surface area contributed by atoms with Gasteiger partial charge >= 0.3 is 0 Å². The van der Waals surface area contributed by atoms with Gasteiger partial charge in [0, 0.05) is 0 Å². The van der Waals surface area contributed by atoms with E-state index in [1.54, 1.807) is 6.26 Å². The number of hydrogen-bond acceptors (Lipinski definition) is 4. The van der Waals surface area contributed by atoms with E-state index in [0.717, 1.165) is 15.9 Å². The van der Waals surface area contributed by atoms with Crippen LogP contribution < -0.4 is 15.8 Å². The Balaban J connectivity index is 1.97. The normalized spacial score (nSPS) is 10.2. The van der Waals surface area contributed by atoms with Crippen LogP contribution in [0.5, 0.6) is 5.75 Å². The number of anilines is 1. The van der Waals surface area contributed by atoms with Crippen LogP contribution in [0.2, 0.25) is 0 Å². The minimum Gasteiger partial charge on any atom is -0.491 e. The van der Waals surface area contributed by atoms with E-state index >= 15 is 0 Å². The third-order valence-corrected chi connectivity index (χ3v) is 3.33. The number of ether oxygens (including phenoxy) is 1. The highest BCUT2D eigenvalue weighted by Gasteiger charge is 2.06. The van der Waals surface area contributed by atoms with Gasteiger partial charge in [0.15, 0.2) is 0 Å². The number of primary amides is 1. The first-order chi connectivity index (χ1) is 9.66. The number of nitrogens with one attached hydrogen (secondary N) is 1. The number of para-hydroxylation sites is 2. The van der Waals surface area contributed by atoms with E-state index in [9.17, 15) is 4.79 Å². The third kappa shape index (κ3) is 4.03. The molecule has 1 amide bonds. The molecule has 1 aromatic carbocycles. The van der Waals surface area contributed by atoms with Gasteiger partial charge in [-0.05, 0) is 34.1 Å². The fourth-order valence-electron chi connectivity index (χ4n) is 1.63. The smallest absolute Gasteiger partial charge is 0.220 e. The van der Waals surface area contributed by atoms with Gasteiger partial charge in [-0.2, -0.15) is 0 Å². The van der Waals surface area contributed by atoms with Crippen LogP contribution in [-0.4, -0.2) is 12.5 Å². The summed E-state index contributed by atoms with van der Waals surface area (Å²) in [5.41, 5.74) is 5.92. The summed E-state index contributed by atoms with van der Waals surface area (Å²) in [6.45, 7) is 0.794. The predicted octanol–water partition coefficient (Wildman–Crippen LogP) is 2.91. The number of hydrogen-bond donors (Lipinski definition) is 2. The lowest BCUT2D eigenvalue weighted by Gasteiger charge is -2.12. The standard InChI is InChI=1S/C14H15BrN2O3/c15-10-5-7-20-13(10)9-17-11-3-1-2-4-12(11)19-8-6-14(16)18/h1-5,7,17H,6,8-9H2,(H2,16,18). The summed E-state index contributed by atoms with van der Waals surface area (Å²) in [6, 6.07) is 9.34. The molecule has 20 heavy (non-hydrogen) atoms. The average Bonchev–Trinajstić information content (AvgIpc) is 2.83. The minimum atomic E-state index is -0.380. The Morgan fingerprint density at radius 3 is 2.85 bits per heavy atom. The summed E-state index contributed by atoms with van der Waals surface area (Å²) in [6.07, 6.45) is 1.81. The molecular weight excluding hydrogens is 324 g/mol. The third-order valence-electron chi connectivity index (χ3n) is 2.62. The number of amides is 1. The Morgan fingerprint density at radius 1 is 1.35 bits per heavy atom. The number of furan rings is 1. The van der Waals surface area contributed by atoms with E-state index in [1.807, 2.05) is 30.3 Å². The highest BCUT2D eigenvalue weighted by atomic mass is 79.9.